The van der Waals surface area contributed by atoms with E-state index in [0.29, 0.717) is 41.5 Å². The van der Waals surface area contributed by atoms with Gasteiger partial charge in [0.2, 0.25) is 5.95 Å². The number of hydrogen-bond donors (Lipinski definition) is 1. The first-order valence-electron chi connectivity index (χ1n) is 11.0. The molecule has 1 saturated heterocycles. The van der Waals surface area contributed by atoms with Gasteiger partial charge in [0, 0.05) is 60.1 Å². The Bertz CT molecular complexity index is 1120. The number of aryl methyl sites for hydroxylation is 1. The van der Waals surface area contributed by atoms with Gasteiger partial charge in [0.1, 0.15) is 5.69 Å². The minimum atomic E-state index is -0.150. The first-order valence-corrected chi connectivity index (χ1v) is 11.4. The van der Waals surface area contributed by atoms with Crippen molar-refractivity contribution < 1.29 is 9.53 Å². The SMILES string of the molecule is Cc1ccc(NC(=O)c2cc(-c3cnc(N4CCOCC4)nc3)cn2CC2CC2)cc1Cl. The maximum atomic E-state index is 13.1. The summed E-state index contributed by atoms with van der Waals surface area (Å²) in [6.45, 7) is 5.76. The summed E-state index contributed by atoms with van der Waals surface area (Å²) in [7, 11) is 0. The van der Waals surface area contributed by atoms with E-state index in [4.69, 9.17) is 16.3 Å². The molecule has 166 valence electrons. The van der Waals surface area contributed by atoms with Gasteiger partial charge in [-0.15, -0.1) is 0 Å². The molecule has 3 aromatic rings. The van der Waals surface area contributed by atoms with Crippen LogP contribution in [0.5, 0.6) is 0 Å². The number of hydrogen-bond acceptors (Lipinski definition) is 5. The van der Waals surface area contributed by atoms with Crippen LogP contribution in [0.25, 0.3) is 11.1 Å². The Labute approximate surface area is 192 Å². The van der Waals surface area contributed by atoms with Gasteiger partial charge in [-0.3, -0.25) is 4.79 Å². The summed E-state index contributed by atoms with van der Waals surface area (Å²) in [5, 5.41) is 3.62. The number of rotatable bonds is 6. The summed E-state index contributed by atoms with van der Waals surface area (Å²) in [6.07, 6.45) is 8.10. The number of halogens is 1. The van der Waals surface area contributed by atoms with Gasteiger partial charge < -0.3 is 19.5 Å². The zero-order valence-corrected chi connectivity index (χ0v) is 18.8. The van der Waals surface area contributed by atoms with Gasteiger partial charge in [0.25, 0.3) is 5.91 Å². The highest BCUT2D eigenvalue weighted by molar-refractivity contribution is 6.31. The molecule has 7 nitrogen and oxygen atoms in total. The van der Waals surface area contributed by atoms with Gasteiger partial charge in [-0.1, -0.05) is 17.7 Å². The molecule has 1 saturated carbocycles. The number of morpholine rings is 1. The van der Waals surface area contributed by atoms with Crippen LogP contribution in [0.2, 0.25) is 5.02 Å². The highest BCUT2D eigenvalue weighted by Crippen LogP contribution is 2.33. The molecule has 0 unspecified atom stereocenters. The van der Waals surface area contributed by atoms with E-state index in [1.807, 2.05) is 48.3 Å². The van der Waals surface area contributed by atoms with E-state index in [9.17, 15) is 4.79 Å². The Balaban J connectivity index is 1.38. The van der Waals surface area contributed by atoms with Crippen LogP contribution in [0.3, 0.4) is 0 Å². The van der Waals surface area contributed by atoms with Crippen molar-refractivity contribution in [2.45, 2.75) is 26.3 Å². The predicted octanol–water partition coefficient (Wildman–Crippen LogP) is 4.41. The number of ether oxygens (including phenoxy) is 1. The number of carbonyl (C=O) groups is 1. The van der Waals surface area contributed by atoms with Crippen LogP contribution < -0.4 is 10.2 Å². The Hall–Kier alpha value is -2.90. The van der Waals surface area contributed by atoms with Crippen molar-refractivity contribution in [3.05, 3.63) is 59.1 Å². The summed E-state index contributed by atoms with van der Waals surface area (Å²) in [6, 6.07) is 7.47. The Morgan fingerprint density at radius 2 is 1.91 bits per heavy atom. The van der Waals surface area contributed by atoms with Gasteiger partial charge in [-0.25, -0.2) is 9.97 Å². The van der Waals surface area contributed by atoms with Crippen LogP contribution in [-0.2, 0) is 11.3 Å². The van der Waals surface area contributed by atoms with Crippen LogP contribution in [-0.4, -0.2) is 46.7 Å². The lowest BCUT2D eigenvalue weighted by Crippen LogP contribution is -2.37. The van der Waals surface area contributed by atoms with E-state index in [-0.39, 0.29) is 5.91 Å². The number of carbonyl (C=O) groups excluding carboxylic acids is 1. The molecule has 5 rings (SSSR count). The van der Waals surface area contributed by atoms with Gasteiger partial charge in [-0.2, -0.15) is 0 Å². The molecule has 0 radical (unpaired) electrons. The molecule has 0 spiro atoms. The zero-order chi connectivity index (χ0) is 22.1. The van der Waals surface area contributed by atoms with E-state index in [1.165, 1.54) is 12.8 Å². The second kappa shape index (κ2) is 8.92. The third kappa shape index (κ3) is 4.64. The summed E-state index contributed by atoms with van der Waals surface area (Å²) >= 11 is 6.22. The molecule has 2 aromatic heterocycles. The molecule has 1 aliphatic heterocycles. The topological polar surface area (TPSA) is 72.3 Å². The first-order chi connectivity index (χ1) is 15.6. The minimum absolute atomic E-state index is 0.150. The van der Waals surface area contributed by atoms with Gasteiger partial charge >= 0.3 is 0 Å². The van der Waals surface area contributed by atoms with Crippen molar-refractivity contribution in [1.82, 2.24) is 14.5 Å². The van der Waals surface area contributed by atoms with E-state index in [2.05, 4.69) is 20.2 Å². The fraction of sp³-hybridized carbons (Fsp3) is 0.375. The number of amides is 1. The summed E-state index contributed by atoms with van der Waals surface area (Å²) in [5.41, 5.74) is 4.12. The molecule has 1 N–H and O–H groups in total. The maximum Gasteiger partial charge on any atom is 0.272 e. The second-order valence-corrected chi connectivity index (χ2v) is 8.91. The largest absolute Gasteiger partial charge is 0.378 e. The third-order valence-corrected chi connectivity index (χ3v) is 6.38. The van der Waals surface area contributed by atoms with Crippen LogP contribution in [0.15, 0.2) is 42.9 Å². The molecular weight excluding hydrogens is 426 g/mol. The smallest absolute Gasteiger partial charge is 0.272 e. The standard InChI is InChI=1S/C24H26ClN5O2/c1-16-2-5-20(11-21(16)25)28-23(31)22-10-18(15-30(22)14-17-3-4-17)19-12-26-24(27-13-19)29-6-8-32-9-7-29/h2,5,10-13,15,17H,3-4,6-9,14H2,1H3,(H,28,31). The molecule has 1 aliphatic carbocycles. The number of nitrogens with zero attached hydrogens (tertiary/aromatic N) is 4. The molecule has 3 heterocycles. The normalized spacial score (nSPS) is 16.2. The maximum absolute atomic E-state index is 13.1. The molecule has 32 heavy (non-hydrogen) atoms. The molecule has 1 aromatic carbocycles. The van der Waals surface area contributed by atoms with E-state index in [1.54, 1.807) is 6.07 Å². The van der Waals surface area contributed by atoms with Crippen molar-refractivity contribution in [2.75, 3.05) is 36.5 Å². The second-order valence-electron chi connectivity index (χ2n) is 8.50. The quantitative estimate of drug-likeness (QED) is 0.601. The highest BCUT2D eigenvalue weighted by atomic mass is 35.5. The van der Waals surface area contributed by atoms with Crippen LogP contribution >= 0.6 is 11.6 Å². The van der Waals surface area contributed by atoms with E-state index >= 15 is 0 Å². The van der Waals surface area contributed by atoms with Crippen LogP contribution in [0, 0.1) is 12.8 Å². The van der Waals surface area contributed by atoms with Crippen molar-refractivity contribution in [3.63, 3.8) is 0 Å². The van der Waals surface area contributed by atoms with Gasteiger partial charge in [0.15, 0.2) is 0 Å². The number of nitrogens with one attached hydrogen (secondary N) is 1. The zero-order valence-electron chi connectivity index (χ0n) is 18.1. The van der Waals surface area contributed by atoms with Crippen molar-refractivity contribution >= 4 is 29.1 Å². The molecule has 1 amide bonds. The lowest BCUT2D eigenvalue weighted by atomic mass is 10.2. The van der Waals surface area contributed by atoms with Crippen molar-refractivity contribution in [2.24, 2.45) is 5.92 Å². The summed E-state index contributed by atoms with van der Waals surface area (Å²) in [4.78, 5) is 24.3. The monoisotopic (exact) mass is 451 g/mol. The molecule has 2 aliphatic rings. The molecule has 0 atom stereocenters. The number of benzene rings is 1. The fourth-order valence-electron chi connectivity index (χ4n) is 3.85. The van der Waals surface area contributed by atoms with Gasteiger partial charge in [-0.05, 0) is 49.4 Å². The van der Waals surface area contributed by atoms with E-state index in [0.717, 1.165) is 36.3 Å². The minimum Gasteiger partial charge on any atom is -0.378 e. The summed E-state index contributed by atoms with van der Waals surface area (Å²) < 4.78 is 7.45. The van der Waals surface area contributed by atoms with Crippen LogP contribution in [0.4, 0.5) is 11.6 Å². The Morgan fingerprint density at radius 1 is 1.16 bits per heavy atom. The molecule has 8 heteroatoms. The lowest BCUT2D eigenvalue weighted by molar-refractivity contribution is 0.101. The lowest BCUT2D eigenvalue weighted by Gasteiger charge is -2.26. The average Bonchev–Trinajstić information content (AvgIpc) is 3.53. The van der Waals surface area contributed by atoms with Crippen molar-refractivity contribution in [1.29, 1.82) is 0 Å². The highest BCUT2D eigenvalue weighted by Gasteiger charge is 2.25. The molecular formula is C24H26ClN5O2. The molecule has 0 bridgehead atoms. The van der Waals surface area contributed by atoms with Crippen LogP contribution in [0.1, 0.15) is 28.9 Å². The summed E-state index contributed by atoms with van der Waals surface area (Å²) in [5.74, 6) is 1.20. The predicted molar refractivity (Wildman–Crippen MR) is 125 cm³/mol. The Morgan fingerprint density at radius 3 is 2.59 bits per heavy atom. The average molecular weight is 452 g/mol. The first kappa shape index (κ1) is 21.0. The van der Waals surface area contributed by atoms with Gasteiger partial charge in [0.05, 0.1) is 13.2 Å². The fourth-order valence-corrected chi connectivity index (χ4v) is 4.03. The van der Waals surface area contributed by atoms with Crippen molar-refractivity contribution in [3.8, 4) is 11.1 Å². The Kier molecular flexibility index (Phi) is 5.85. The third-order valence-electron chi connectivity index (χ3n) is 5.98. The number of aromatic nitrogens is 3. The number of anilines is 2. The van der Waals surface area contributed by atoms with E-state index < -0.39 is 0 Å². The molecule has 2 fully saturated rings.